The Hall–Kier alpha value is -1.13. The van der Waals surface area contributed by atoms with E-state index in [9.17, 15) is 0 Å². The molecule has 0 saturated carbocycles. The van der Waals surface area contributed by atoms with Gasteiger partial charge >= 0.3 is 0 Å². The Morgan fingerprint density at radius 2 is 2.42 bits per heavy atom. The molecule has 2 aromatic rings. The lowest BCUT2D eigenvalue weighted by atomic mass is 9.77. The van der Waals surface area contributed by atoms with Crippen molar-refractivity contribution in [1.82, 2.24) is 15.1 Å². The van der Waals surface area contributed by atoms with Crippen molar-refractivity contribution in [1.29, 1.82) is 0 Å². The number of piperidine rings is 1. The number of H-pyrrole nitrogens is 1. The van der Waals surface area contributed by atoms with E-state index in [-0.39, 0.29) is 0 Å². The van der Waals surface area contributed by atoms with Crippen LogP contribution < -0.4 is 0 Å². The average molecular weight is 273 g/mol. The highest BCUT2D eigenvalue weighted by atomic mass is 32.1. The van der Waals surface area contributed by atoms with Crippen molar-refractivity contribution in [2.24, 2.45) is 0 Å². The van der Waals surface area contributed by atoms with Crippen LogP contribution in [0.15, 0.2) is 23.0 Å². The molecule has 2 aromatic heterocycles. The maximum Gasteiger partial charge on any atom is 0.0522 e. The summed E-state index contributed by atoms with van der Waals surface area (Å²) in [5.74, 6) is 0. The van der Waals surface area contributed by atoms with E-state index in [4.69, 9.17) is 0 Å². The number of nitrogens with one attached hydrogen (secondary N) is 1. The number of likely N-dealkylation sites (tertiary alicyclic amines) is 1. The third-order valence-electron chi connectivity index (χ3n) is 4.76. The third kappa shape index (κ3) is 1.94. The van der Waals surface area contributed by atoms with E-state index in [1.165, 1.54) is 55.6 Å². The minimum absolute atomic E-state index is 0.361. The van der Waals surface area contributed by atoms with Crippen LogP contribution in [-0.4, -0.2) is 28.2 Å². The van der Waals surface area contributed by atoms with Crippen LogP contribution in [0.1, 0.15) is 36.1 Å². The number of rotatable bonds is 2. The van der Waals surface area contributed by atoms with Crippen LogP contribution in [0, 0.1) is 0 Å². The van der Waals surface area contributed by atoms with Crippen molar-refractivity contribution in [3.05, 3.63) is 39.8 Å². The Morgan fingerprint density at radius 3 is 3.32 bits per heavy atom. The Balaban J connectivity index is 1.56. The van der Waals surface area contributed by atoms with E-state index >= 15 is 0 Å². The Bertz CT molecular complexity index is 560. The zero-order valence-electron chi connectivity index (χ0n) is 11.1. The number of aromatic nitrogens is 2. The quantitative estimate of drug-likeness (QED) is 0.912. The monoisotopic (exact) mass is 273 g/mol. The number of fused-ring (bicyclic) bond motifs is 2. The number of aromatic amines is 1. The Labute approximate surface area is 117 Å². The second-order valence-corrected chi connectivity index (χ2v) is 6.78. The summed E-state index contributed by atoms with van der Waals surface area (Å²) in [4.78, 5) is 2.63. The predicted octanol–water partition coefficient (Wildman–Crippen LogP) is 2.95. The summed E-state index contributed by atoms with van der Waals surface area (Å²) in [6.07, 6.45) is 7.17. The summed E-state index contributed by atoms with van der Waals surface area (Å²) in [7, 11) is 0. The summed E-state index contributed by atoms with van der Waals surface area (Å²) in [5.41, 5.74) is 4.71. The minimum atomic E-state index is 0.361. The van der Waals surface area contributed by atoms with E-state index in [0.29, 0.717) is 5.41 Å². The summed E-state index contributed by atoms with van der Waals surface area (Å²) in [5, 5.41) is 12.0. The van der Waals surface area contributed by atoms with Gasteiger partial charge in [0.2, 0.25) is 0 Å². The molecule has 1 unspecified atom stereocenters. The maximum atomic E-state index is 4.25. The van der Waals surface area contributed by atoms with E-state index in [1.54, 1.807) is 11.3 Å². The summed E-state index contributed by atoms with van der Waals surface area (Å²) < 4.78 is 0. The van der Waals surface area contributed by atoms with E-state index in [1.807, 2.05) is 6.20 Å². The van der Waals surface area contributed by atoms with Crippen LogP contribution in [0.2, 0.25) is 0 Å². The molecular formula is C15H19N3S. The fraction of sp³-hybridized carbons (Fsp3) is 0.533. The van der Waals surface area contributed by atoms with Gasteiger partial charge < -0.3 is 0 Å². The zero-order chi connectivity index (χ0) is 12.7. The minimum Gasteiger partial charge on any atom is -0.298 e. The van der Waals surface area contributed by atoms with Gasteiger partial charge in [0.25, 0.3) is 0 Å². The molecular weight excluding hydrogens is 254 g/mol. The number of hydrogen-bond acceptors (Lipinski definition) is 3. The van der Waals surface area contributed by atoms with Crippen LogP contribution in [0.25, 0.3) is 0 Å². The second-order valence-electron chi connectivity index (χ2n) is 6.00. The van der Waals surface area contributed by atoms with Gasteiger partial charge in [-0.05, 0) is 60.2 Å². The van der Waals surface area contributed by atoms with Gasteiger partial charge in [-0.2, -0.15) is 16.4 Å². The van der Waals surface area contributed by atoms with Gasteiger partial charge in [0.15, 0.2) is 0 Å². The highest BCUT2D eigenvalue weighted by Crippen LogP contribution is 2.44. The normalized spacial score (nSPS) is 26.9. The van der Waals surface area contributed by atoms with E-state index in [0.717, 1.165) is 6.54 Å². The standard InChI is InChI=1S/C15H19N3S/c1-4-15(5-2-13-8-16-17-14(13)15)11-18(6-1)9-12-3-7-19-10-12/h3,7-8,10H,1-2,4-6,9,11H2,(H,16,17). The average Bonchev–Trinajstić information content (AvgIpc) is 3.11. The predicted molar refractivity (Wildman–Crippen MR) is 77.4 cm³/mol. The van der Waals surface area contributed by atoms with Crippen molar-refractivity contribution in [2.45, 2.75) is 37.6 Å². The Kier molecular flexibility index (Phi) is 2.74. The molecule has 4 heteroatoms. The molecule has 100 valence electrons. The smallest absolute Gasteiger partial charge is 0.0522 e. The fourth-order valence-electron chi connectivity index (χ4n) is 3.87. The zero-order valence-corrected chi connectivity index (χ0v) is 11.9. The number of nitrogens with zero attached hydrogens (tertiary/aromatic N) is 2. The lowest BCUT2D eigenvalue weighted by Crippen LogP contribution is -2.44. The first-order chi connectivity index (χ1) is 9.36. The molecule has 1 fully saturated rings. The summed E-state index contributed by atoms with van der Waals surface area (Å²) >= 11 is 1.80. The second kappa shape index (κ2) is 4.46. The largest absolute Gasteiger partial charge is 0.298 e. The first kappa shape index (κ1) is 11.7. The molecule has 1 saturated heterocycles. The van der Waals surface area contributed by atoms with Gasteiger partial charge in [0.1, 0.15) is 0 Å². The Morgan fingerprint density at radius 1 is 1.42 bits per heavy atom. The van der Waals surface area contributed by atoms with Gasteiger partial charge in [-0.25, -0.2) is 0 Å². The fourth-order valence-corrected chi connectivity index (χ4v) is 4.53. The molecule has 0 amide bonds. The van der Waals surface area contributed by atoms with Crippen LogP contribution in [-0.2, 0) is 18.4 Å². The van der Waals surface area contributed by atoms with E-state index in [2.05, 4.69) is 31.9 Å². The molecule has 1 spiro atoms. The lowest BCUT2D eigenvalue weighted by Gasteiger charge is -2.40. The van der Waals surface area contributed by atoms with Crippen LogP contribution in [0.4, 0.5) is 0 Å². The summed E-state index contributed by atoms with van der Waals surface area (Å²) in [6.45, 7) is 3.54. The topological polar surface area (TPSA) is 31.9 Å². The molecule has 1 aliphatic carbocycles. The molecule has 0 radical (unpaired) electrons. The van der Waals surface area contributed by atoms with Crippen molar-refractivity contribution in [3.8, 4) is 0 Å². The summed E-state index contributed by atoms with van der Waals surface area (Å²) in [6, 6.07) is 2.25. The molecule has 3 nitrogen and oxygen atoms in total. The van der Waals surface area contributed by atoms with Gasteiger partial charge in [0, 0.05) is 24.2 Å². The SMILES string of the molecule is c1cc(CN2CCCC3(CCc4cn[nH]c43)C2)cs1. The molecule has 2 aliphatic rings. The van der Waals surface area contributed by atoms with Crippen LogP contribution in [0.5, 0.6) is 0 Å². The third-order valence-corrected chi connectivity index (χ3v) is 5.50. The number of thiophene rings is 1. The number of aryl methyl sites for hydroxylation is 1. The molecule has 0 bridgehead atoms. The van der Waals surface area contributed by atoms with Crippen molar-refractivity contribution < 1.29 is 0 Å². The highest BCUT2D eigenvalue weighted by molar-refractivity contribution is 7.07. The van der Waals surface area contributed by atoms with Crippen LogP contribution in [0.3, 0.4) is 0 Å². The van der Waals surface area contributed by atoms with Gasteiger partial charge in [-0.3, -0.25) is 10.00 Å². The van der Waals surface area contributed by atoms with Crippen molar-refractivity contribution >= 4 is 11.3 Å². The molecule has 19 heavy (non-hydrogen) atoms. The van der Waals surface area contributed by atoms with Crippen molar-refractivity contribution in [3.63, 3.8) is 0 Å². The first-order valence-electron chi connectivity index (χ1n) is 7.12. The molecule has 1 N–H and O–H groups in total. The maximum absolute atomic E-state index is 4.25. The molecule has 0 aromatic carbocycles. The highest BCUT2D eigenvalue weighted by Gasteiger charge is 2.43. The first-order valence-corrected chi connectivity index (χ1v) is 8.06. The van der Waals surface area contributed by atoms with Crippen LogP contribution >= 0.6 is 11.3 Å². The van der Waals surface area contributed by atoms with Gasteiger partial charge in [-0.1, -0.05) is 0 Å². The van der Waals surface area contributed by atoms with E-state index < -0.39 is 0 Å². The molecule has 1 aliphatic heterocycles. The number of hydrogen-bond donors (Lipinski definition) is 1. The molecule has 4 rings (SSSR count). The van der Waals surface area contributed by atoms with Gasteiger partial charge in [0.05, 0.1) is 6.20 Å². The molecule has 1 atom stereocenters. The van der Waals surface area contributed by atoms with Crippen molar-refractivity contribution in [2.75, 3.05) is 13.1 Å². The molecule has 3 heterocycles. The lowest BCUT2D eigenvalue weighted by molar-refractivity contribution is 0.136. The van der Waals surface area contributed by atoms with Gasteiger partial charge in [-0.15, -0.1) is 0 Å².